The number of nitrogens with zero attached hydrogens (tertiary/aromatic N) is 1. The molecule has 1 aliphatic heterocycles. The standard InChI is InChI=1S/C7H18BN3/c1-2-3-11-4-6(9)7(5-11)10-8/h6-7,10H,2-5,8-9H2,1H3. The third-order valence-electron chi connectivity index (χ3n) is 2.35. The van der Waals surface area contributed by atoms with E-state index in [1.807, 2.05) is 7.98 Å². The molecule has 0 amide bonds. The lowest BCUT2D eigenvalue weighted by atomic mass is 10.1. The van der Waals surface area contributed by atoms with Gasteiger partial charge in [0.25, 0.3) is 0 Å². The Kier molecular flexibility index (Phi) is 3.36. The van der Waals surface area contributed by atoms with Crippen molar-refractivity contribution in [2.75, 3.05) is 19.6 Å². The topological polar surface area (TPSA) is 41.3 Å². The third-order valence-corrected chi connectivity index (χ3v) is 2.35. The molecular formula is C7H18BN3. The van der Waals surface area contributed by atoms with E-state index >= 15 is 0 Å². The lowest BCUT2D eigenvalue weighted by Gasteiger charge is -2.13. The van der Waals surface area contributed by atoms with Gasteiger partial charge in [0.15, 0.2) is 7.98 Å². The highest BCUT2D eigenvalue weighted by molar-refractivity contribution is 6.04. The van der Waals surface area contributed by atoms with Crippen molar-refractivity contribution in [3.05, 3.63) is 0 Å². The van der Waals surface area contributed by atoms with Gasteiger partial charge in [-0.25, -0.2) is 0 Å². The Morgan fingerprint density at radius 3 is 2.82 bits per heavy atom. The molecule has 0 aliphatic carbocycles. The second kappa shape index (κ2) is 4.09. The molecule has 1 aliphatic rings. The van der Waals surface area contributed by atoms with E-state index in [0.717, 1.165) is 13.1 Å². The van der Waals surface area contributed by atoms with Crippen molar-refractivity contribution in [1.82, 2.24) is 10.1 Å². The molecule has 1 fully saturated rings. The van der Waals surface area contributed by atoms with Gasteiger partial charge in [0.1, 0.15) is 0 Å². The summed E-state index contributed by atoms with van der Waals surface area (Å²) < 4.78 is 0. The van der Waals surface area contributed by atoms with Gasteiger partial charge in [-0.15, -0.1) is 0 Å². The van der Waals surface area contributed by atoms with Crippen LogP contribution in [0.4, 0.5) is 0 Å². The quantitative estimate of drug-likeness (QED) is 0.489. The molecule has 0 radical (unpaired) electrons. The molecule has 2 atom stereocenters. The van der Waals surface area contributed by atoms with Crippen LogP contribution in [-0.4, -0.2) is 44.6 Å². The van der Waals surface area contributed by atoms with Gasteiger partial charge in [-0.3, -0.25) is 0 Å². The molecule has 64 valence electrons. The SMILES string of the molecule is BNC1CN(CCC)CC1N. The number of nitrogens with two attached hydrogens (primary N) is 1. The summed E-state index contributed by atoms with van der Waals surface area (Å²) in [5, 5.41) is 3.24. The molecule has 0 aromatic carbocycles. The fraction of sp³-hybridized carbons (Fsp3) is 1.00. The van der Waals surface area contributed by atoms with E-state index in [9.17, 15) is 0 Å². The summed E-state index contributed by atoms with van der Waals surface area (Å²) in [7, 11) is 1.99. The van der Waals surface area contributed by atoms with E-state index in [1.165, 1.54) is 13.0 Å². The lowest BCUT2D eigenvalue weighted by Crippen LogP contribution is -2.42. The van der Waals surface area contributed by atoms with Crippen LogP contribution in [0, 0.1) is 0 Å². The molecule has 1 rings (SSSR count). The summed E-state index contributed by atoms with van der Waals surface area (Å²) >= 11 is 0. The number of likely N-dealkylation sites (tertiary alicyclic amines) is 1. The minimum Gasteiger partial charge on any atom is -0.357 e. The van der Waals surface area contributed by atoms with Crippen molar-refractivity contribution in [3.8, 4) is 0 Å². The van der Waals surface area contributed by atoms with Crippen molar-refractivity contribution in [2.45, 2.75) is 25.4 Å². The zero-order valence-corrected chi connectivity index (χ0v) is 7.51. The molecule has 0 bridgehead atoms. The van der Waals surface area contributed by atoms with Gasteiger partial charge in [0.05, 0.1) is 0 Å². The smallest absolute Gasteiger partial charge is 0.182 e. The second-order valence-corrected chi connectivity index (χ2v) is 3.32. The van der Waals surface area contributed by atoms with E-state index < -0.39 is 0 Å². The van der Waals surface area contributed by atoms with Gasteiger partial charge >= 0.3 is 0 Å². The summed E-state index contributed by atoms with van der Waals surface area (Å²) in [6, 6.07) is 0.827. The molecule has 0 spiro atoms. The van der Waals surface area contributed by atoms with E-state index in [2.05, 4.69) is 17.1 Å². The predicted octanol–water partition coefficient (Wildman–Crippen LogP) is -1.45. The van der Waals surface area contributed by atoms with Crippen LogP contribution in [0.25, 0.3) is 0 Å². The van der Waals surface area contributed by atoms with Gasteiger partial charge in [0, 0.05) is 25.2 Å². The molecule has 2 unspecified atom stereocenters. The third kappa shape index (κ3) is 2.19. The minimum absolute atomic E-state index is 0.326. The zero-order valence-electron chi connectivity index (χ0n) is 7.51. The van der Waals surface area contributed by atoms with Crippen LogP contribution in [0.5, 0.6) is 0 Å². The number of nitrogens with one attached hydrogen (secondary N) is 1. The molecule has 0 saturated carbocycles. The summed E-state index contributed by atoms with van der Waals surface area (Å²) in [6.45, 7) is 5.56. The monoisotopic (exact) mass is 155 g/mol. The molecular weight excluding hydrogens is 137 g/mol. The van der Waals surface area contributed by atoms with Crippen LogP contribution in [0.3, 0.4) is 0 Å². The lowest BCUT2D eigenvalue weighted by molar-refractivity contribution is 0.331. The number of hydrogen-bond donors (Lipinski definition) is 2. The first-order valence-corrected chi connectivity index (χ1v) is 4.43. The first-order chi connectivity index (χ1) is 5.27. The van der Waals surface area contributed by atoms with Gasteiger partial charge in [-0.2, -0.15) is 0 Å². The summed E-state index contributed by atoms with van der Waals surface area (Å²) in [4.78, 5) is 2.42. The van der Waals surface area contributed by atoms with Crippen LogP contribution in [-0.2, 0) is 0 Å². The van der Waals surface area contributed by atoms with E-state index in [4.69, 9.17) is 5.73 Å². The maximum absolute atomic E-state index is 5.91. The molecule has 11 heavy (non-hydrogen) atoms. The Hall–Kier alpha value is -0.0551. The Labute approximate surface area is 69.7 Å². The minimum atomic E-state index is 0.326. The summed E-state index contributed by atoms with van der Waals surface area (Å²) in [5.41, 5.74) is 5.91. The van der Waals surface area contributed by atoms with Crippen molar-refractivity contribution >= 4 is 7.98 Å². The first kappa shape index (κ1) is 9.04. The van der Waals surface area contributed by atoms with Crippen molar-refractivity contribution in [3.63, 3.8) is 0 Å². The van der Waals surface area contributed by atoms with Crippen LogP contribution in [0.1, 0.15) is 13.3 Å². The Balaban J connectivity index is 2.30. The van der Waals surface area contributed by atoms with Crippen LogP contribution in [0.2, 0.25) is 0 Å². The predicted molar refractivity (Wildman–Crippen MR) is 50.2 cm³/mol. The molecule has 4 heteroatoms. The Morgan fingerprint density at radius 1 is 1.64 bits per heavy atom. The Morgan fingerprint density at radius 2 is 2.36 bits per heavy atom. The maximum atomic E-state index is 5.91. The normalized spacial score (nSPS) is 32.9. The highest BCUT2D eigenvalue weighted by Crippen LogP contribution is 2.07. The average molecular weight is 155 g/mol. The van der Waals surface area contributed by atoms with Crippen molar-refractivity contribution in [1.29, 1.82) is 0 Å². The van der Waals surface area contributed by atoms with Crippen molar-refractivity contribution in [2.24, 2.45) is 5.73 Å². The summed E-state index contributed by atoms with van der Waals surface area (Å²) in [5.74, 6) is 0. The van der Waals surface area contributed by atoms with Crippen LogP contribution < -0.4 is 11.0 Å². The van der Waals surface area contributed by atoms with Gasteiger partial charge < -0.3 is 15.9 Å². The molecule has 1 saturated heterocycles. The zero-order chi connectivity index (χ0) is 8.27. The first-order valence-electron chi connectivity index (χ1n) is 4.43. The maximum Gasteiger partial charge on any atom is 0.182 e. The molecule has 0 aromatic rings. The van der Waals surface area contributed by atoms with Crippen LogP contribution >= 0.6 is 0 Å². The number of hydrogen-bond acceptors (Lipinski definition) is 3. The molecule has 3 nitrogen and oxygen atoms in total. The Bertz CT molecular complexity index is 120. The highest BCUT2D eigenvalue weighted by atomic mass is 15.2. The summed E-state index contributed by atoms with van der Waals surface area (Å²) in [6.07, 6.45) is 1.23. The van der Waals surface area contributed by atoms with Crippen LogP contribution in [0.15, 0.2) is 0 Å². The molecule has 0 aromatic heterocycles. The average Bonchev–Trinajstić information content (AvgIpc) is 2.32. The van der Waals surface area contributed by atoms with E-state index in [1.54, 1.807) is 0 Å². The van der Waals surface area contributed by atoms with E-state index in [0.29, 0.717) is 12.1 Å². The largest absolute Gasteiger partial charge is 0.357 e. The van der Waals surface area contributed by atoms with Gasteiger partial charge in [0.2, 0.25) is 0 Å². The van der Waals surface area contributed by atoms with Crippen molar-refractivity contribution < 1.29 is 0 Å². The second-order valence-electron chi connectivity index (χ2n) is 3.32. The molecule has 1 heterocycles. The fourth-order valence-corrected chi connectivity index (χ4v) is 1.72. The van der Waals surface area contributed by atoms with Gasteiger partial charge in [-0.1, -0.05) is 6.92 Å². The fourth-order valence-electron chi connectivity index (χ4n) is 1.72. The number of rotatable bonds is 3. The van der Waals surface area contributed by atoms with Gasteiger partial charge in [-0.05, 0) is 13.0 Å². The molecule has 3 N–H and O–H groups in total. The highest BCUT2D eigenvalue weighted by Gasteiger charge is 2.27. The van der Waals surface area contributed by atoms with E-state index in [-0.39, 0.29) is 0 Å².